The number of nitrogens with zero attached hydrogens (tertiary/aromatic N) is 2. The Hall–Kier alpha value is -2.03. The predicted molar refractivity (Wildman–Crippen MR) is 84.9 cm³/mol. The molecule has 0 saturated carbocycles. The van der Waals surface area contributed by atoms with E-state index in [2.05, 4.69) is 5.32 Å². The lowest BCUT2D eigenvalue weighted by molar-refractivity contribution is -0.141. The Morgan fingerprint density at radius 2 is 1.91 bits per heavy atom. The van der Waals surface area contributed by atoms with Crippen LogP contribution in [0.25, 0.3) is 0 Å². The molecule has 0 aliphatic rings. The van der Waals surface area contributed by atoms with Crippen LogP contribution < -0.4 is 5.32 Å². The molecule has 0 heterocycles. The van der Waals surface area contributed by atoms with Crippen molar-refractivity contribution in [1.29, 1.82) is 5.26 Å². The summed E-state index contributed by atoms with van der Waals surface area (Å²) >= 11 is 0. The maximum atomic E-state index is 12.2. The van der Waals surface area contributed by atoms with E-state index in [0.29, 0.717) is 13.0 Å². The van der Waals surface area contributed by atoms with E-state index in [1.54, 1.807) is 0 Å². The fourth-order valence-corrected chi connectivity index (χ4v) is 1.98. The Kier molecular flexibility index (Phi) is 7.64. The molecule has 0 aromatic heterocycles. The Morgan fingerprint density at radius 3 is 2.23 bits per heavy atom. The van der Waals surface area contributed by atoms with Gasteiger partial charge in [0.25, 0.3) is 5.91 Å². The molecule has 124 valence electrons. The van der Waals surface area contributed by atoms with Gasteiger partial charge in [0.1, 0.15) is 17.7 Å². The number of amides is 1. The van der Waals surface area contributed by atoms with Crippen molar-refractivity contribution >= 4 is 11.9 Å². The Balaban J connectivity index is 5.21. The standard InChI is InChI=1S/C16H27N3O3/c1-7-19(16(4,5)6)10-12(9-17)14(20)18-13(15(21)22)8-11(2)3/h10-11,13H,7-8H2,1-6H3,(H,18,20)(H,21,22)/b12-10-. The zero-order chi connectivity index (χ0) is 17.5. The lowest BCUT2D eigenvalue weighted by atomic mass is 10.0. The molecule has 0 spiro atoms. The topological polar surface area (TPSA) is 93.4 Å². The van der Waals surface area contributed by atoms with E-state index in [0.717, 1.165) is 0 Å². The monoisotopic (exact) mass is 309 g/mol. The highest BCUT2D eigenvalue weighted by molar-refractivity contribution is 5.99. The normalized spacial score (nSPS) is 13.5. The van der Waals surface area contributed by atoms with Crippen molar-refractivity contribution in [3.63, 3.8) is 0 Å². The first-order valence-corrected chi connectivity index (χ1v) is 7.45. The highest BCUT2D eigenvalue weighted by Gasteiger charge is 2.24. The summed E-state index contributed by atoms with van der Waals surface area (Å²) in [5, 5.41) is 20.8. The lowest BCUT2D eigenvalue weighted by Crippen LogP contribution is -2.43. The van der Waals surface area contributed by atoms with Crippen LogP contribution in [0, 0.1) is 17.2 Å². The number of hydrogen-bond acceptors (Lipinski definition) is 4. The SMILES string of the molecule is CCN(/C=C(/C#N)C(=O)NC(CC(C)C)C(=O)O)C(C)(C)C. The number of aliphatic carboxylic acids is 1. The van der Waals surface area contributed by atoms with Gasteiger partial charge in [0.15, 0.2) is 0 Å². The lowest BCUT2D eigenvalue weighted by Gasteiger charge is -2.34. The Labute approximate surface area is 132 Å². The quantitative estimate of drug-likeness (QED) is 0.555. The summed E-state index contributed by atoms with van der Waals surface area (Å²) in [5.41, 5.74) is -0.326. The zero-order valence-corrected chi connectivity index (χ0v) is 14.3. The number of carboxylic acid groups (broad SMARTS) is 1. The number of carboxylic acids is 1. The molecule has 0 aliphatic heterocycles. The molecule has 2 N–H and O–H groups in total. The smallest absolute Gasteiger partial charge is 0.326 e. The Bertz CT molecular complexity index is 470. The van der Waals surface area contributed by atoms with Crippen molar-refractivity contribution in [2.75, 3.05) is 6.54 Å². The maximum absolute atomic E-state index is 12.2. The van der Waals surface area contributed by atoms with Crippen LogP contribution in [0.2, 0.25) is 0 Å². The molecule has 0 saturated heterocycles. The number of rotatable bonds is 7. The Morgan fingerprint density at radius 1 is 1.36 bits per heavy atom. The van der Waals surface area contributed by atoms with Crippen molar-refractivity contribution in [2.45, 2.75) is 59.5 Å². The second kappa shape index (κ2) is 8.42. The van der Waals surface area contributed by atoms with Gasteiger partial charge in [0.2, 0.25) is 0 Å². The summed E-state index contributed by atoms with van der Waals surface area (Å²) < 4.78 is 0. The fourth-order valence-electron chi connectivity index (χ4n) is 1.98. The third kappa shape index (κ3) is 6.61. The molecule has 1 unspecified atom stereocenters. The average molecular weight is 309 g/mol. The number of nitrogens with one attached hydrogen (secondary N) is 1. The second-order valence-corrected chi connectivity index (χ2v) is 6.61. The van der Waals surface area contributed by atoms with E-state index in [9.17, 15) is 14.9 Å². The van der Waals surface area contributed by atoms with Crippen LogP contribution in [0.1, 0.15) is 48.0 Å². The molecule has 0 aromatic carbocycles. The van der Waals surface area contributed by atoms with E-state index in [1.807, 2.05) is 52.5 Å². The zero-order valence-electron chi connectivity index (χ0n) is 14.3. The van der Waals surface area contributed by atoms with Gasteiger partial charge in [-0.3, -0.25) is 4.79 Å². The third-order valence-corrected chi connectivity index (χ3v) is 3.16. The number of nitriles is 1. The molecule has 0 aromatic rings. The van der Waals surface area contributed by atoms with Crippen LogP contribution in [0.4, 0.5) is 0 Å². The molecule has 0 rings (SSSR count). The molecule has 6 heteroatoms. The number of hydrogen-bond donors (Lipinski definition) is 2. The minimum atomic E-state index is -1.09. The number of carbonyl (C=O) groups is 2. The summed E-state index contributed by atoms with van der Waals surface area (Å²) in [7, 11) is 0. The van der Waals surface area contributed by atoms with Gasteiger partial charge in [-0.25, -0.2) is 4.79 Å². The van der Waals surface area contributed by atoms with Gasteiger partial charge in [-0.2, -0.15) is 5.26 Å². The molecule has 0 bridgehead atoms. The first-order valence-electron chi connectivity index (χ1n) is 7.45. The van der Waals surface area contributed by atoms with E-state index in [-0.39, 0.29) is 17.0 Å². The molecule has 22 heavy (non-hydrogen) atoms. The molecule has 0 fully saturated rings. The van der Waals surface area contributed by atoms with Gasteiger partial charge >= 0.3 is 5.97 Å². The minimum Gasteiger partial charge on any atom is -0.480 e. The van der Waals surface area contributed by atoms with E-state index in [4.69, 9.17) is 5.11 Å². The van der Waals surface area contributed by atoms with Gasteiger partial charge in [-0.1, -0.05) is 13.8 Å². The van der Waals surface area contributed by atoms with Crippen LogP contribution in [0.15, 0.2) is 11.8 Å². The average Bonchev–Trinajstić information content (AvgIpc) is 2.36. The molecule has 1 amide bonds. The van der Waals surface area contributed by atoms with Crippen LogP contribution >= 0.6 is 0 Å². The fraction of sp³-hybridized carbons (Fsp3) is 0.688. The van der Waals surface area contributed by atoms with Crippen molar-refractivity contribution in [2.24, 2.45) is 5.92 Å². The summed E-state index contributed by atoms with van der Waals surface area (Å²) in [6, 6.07) is 0.859. The van der Waals surface area contributed by atoms with Gasteiger partial charge in [0, 0.05) is 18.3 Å². The van der Waals surface area contributed by atoms with Gasteiger partial charge in [-0.05, 0) is 40.0 Å². The second-order valence-electron chi connectivity index (χ2n) is 6.61. The van der Waals surface area contributed by atoms with Gasteiger partial charge in [0.05, 0.1) is 0 Å². The van der Waals surface area contributed by atoms with Crippen molar-refractivity contribution in [3.05, 3.63) is 11.8 Å². The summed E-state index contributed by atoms with van der Waals surface area (Å²) in [4.78, 5) is 25.2. The van der Waals surface area contributed by atoms with Crippen LogP contribution in [0.3, 0.4) is 0 Å². The summed E-state index contributed by atoms with van der Waals surface area (Å²) in [6.45, 7) is 12.2. The maximum Gasteiger partial charge on any atom is 0.326 e. The van der Waals surface area contributed by atoms with Crippen LogP contribution in [-0.2, 0) is 9.59 Å². The van der Waals surface area contributed by atoms with Crippen LogP contribution in [0.5, 0.6) is 0 Å². The van der Waals surface area contributed by atoms with Gasteiger partial charge < -0.3 is 15.3 Å². The van der Waals surface area contributed by atoms with Crippen molar-refractivity contribution < 1.29 is 14.7 Å². The summed E-state index contributed by atoms with van der Waals surface area (Å²) in [6.07, 6.45) is 1.81. The molecular weight excluding hydrogens is 282 g/mol. The molecule has 0 aliphatic carbocycles. The molecule has 1 atom stereocenters. The molecular formula is C16H27N3O3. The van der Waals surface area contributed by atoms with E-state index >= 15 is 0 Å². The predicted octanol–water partition coefficient (Wildman–Crippen LogP) is 2.13. The van der Waals surface area contributed by atoms with Gasteiger partial charge in [-0.15, -0.1) is 0 Å². The van der Waals surface area contributed by atoms with Crippen molar-refractivity contribution in [1.82, 2.24) is 10.2 Å². The first-order chi connectivity index (χ1) is 10.0. The molecule has 6 nitrogen and oxygen atoms in total. The number of carbonyl (C=O) groups excluding carboxylic acids is 1. The summed E-state index contributed by atoms with van der Waals surface area (Å²) in [5.74, 6) is -1.63. The minimum absolute atomic E-state index is 0.0909. The first kappa shape index (κ1) is 20.0. The van der Waals surface area contributed by atoms with E-state index in [1.165, 1.54) is 6.20 Å². The van der Waals surface area contributed by atoms with Crippen molar-refractivity contribution in [3.8, 4) is 6.07 Å². The largest absolute Gasteiger partial charge is 0.480 e. The molecule has 0 radical (unpaired) electrons. The highest BCUT2D eigenvalue weighted by Crippen LogP contribution is 2.15. The highest BCUT2D eigenvalue weighted by atomic mass is 16.4. The van der Waals surface area contributed by atoms with Crippen LogP contribution in [-0.4, -0.2) is 40.0 Å². The third-order valence-electron chi connectivity index (χ3n) is 3.16. The van der Waals surface area contributed by atoms with E-state index < -0.39 is 17.9 Å².